The van der Waals surface area contributed by atoms with Crippen molar-refractivity contribution in [3.63, 3.8) is 0 Å². The van der Waals surface area contributed by atoms with Crippen LogP contribution >= 0.6 is 0 Å². The maximum absolute atomic E-state index is 12.5. The molecule has 0 aliphatic carbocycles. The Kier molecular flexibility index (Phi) is 3.67. The summed E-state index contributed by atoms with van der Waals surface area (Å²) in [6.07, 6.45) is 4.03. The van der Waals surface area contributed by atoms with E-state index in [1.807, 2.05) is 39.5 Å². The first-order valence-corrected chi connectivity index (χ1v) is 7.20. The first-order valence-electron chi connectivity index (χ1n) is 7.20. The number of likely N-dealkylation sites (tertiary alicyclic amines) is 1. The van der Waals surface area contributed by atoms with Crippen LogP contribution in [0.25, 0.3) is 0 Å². The SMILES string of the molecule is CC(C)n1cc(C(=O)N2CC[C@](C)(O)C(C)(C)C2)cn1. The van der Waals surface area contributed by atoms with Gasteiger partial charge in [0.2, 0.25) is 0 Å². The number of hydrogen-bond acceptors (Lipinski definition) is 3. The van der Waals surface area contributed by atoms with E-state index < -0.39 is 5.60 Å². The minimum absolute atomic E-state index is 0.000440. The molecule has 0 saturated carbocycles. The zero-order valence-electron chi connectivity index (χ0n) is 13.1. The fraction of sp³-hybridized carbons (Fsp3) is 0.733. The molecule has 112 valence electrons. The Hall–Kier alpha value is -1.36. The minimum atomic E-state index is -0.730. The first kappa shape index (κ1) is 15.0. The standard InChI is InChI=1S/C15H25N3O2/c1-11(2)18-9-12(8-16-18)13(19)17-7-6-15(5,20)14(3,4)10-17/h8-9,11,20H,6-7,10H2,1-5H3/t15-/m0/s1. The van der Waals surface area contributed by atoms with Gasteiger partial charge in [-0.05, 0) is 27.2 Å². The Morgan fingerprint density at radius 3 is 2.55 bits per heavy atom. The molecule has 1 aromatic rings. The highest BCUT2D eigenvalue weighted by atomic mass is 16.3. The smallest absolute Gasteiger partial charge is 0.257 e. The lowest BCUT2D eigenvalue weighted by Gasteiger charge is -2.48. The fourth-order valence-corrected chi connectivity index (χ4v) is 2.50. The summed E-state index contributed by atoms with van der Waals surface area (Å²) in [5.74, 6) is 0.000440. The number of carbonyl (C=O) groups excluding carboxylic acids is 1. The van der Waals surface area contributed by atoms with Gasteiger partial charge in [0.15, 0.2) is 0 Å². The number of carbonyl (C=O) groups is 1. The van der Waals surface area contributed by atoms with Gasteiger partial charge in [-0.3, -0.25) is 9.48 Å². The van der Waals surface area contributed by atoms with Crippen molar-refractivity contribution in [2.75, 3.05) is 13.1 Å². The Morgan fingerprint density at radius 1 is 1.40 bits per heavy atom. The number of nitrogens with zero attached hydrogens (tertiary/aromatic N) is 3. The molecule has 1 aliphatic heterocycles. The molecule has 0 radical (unpaired) electrons. The lowest BCUT2D eigenvalue weighted by Crippen LogP contribution is -2.56. The Balaban J connectivity index is 2.14. The predicted molar refractivity (Wildman–Crippen MR) is 77.5 cm³/mol. The second kappa shape index (κ2) is 4.88. The Labute approximate surface area is 120 Å². The monoisotopic (exact) mass is 279 g/mol. The molecule has 1 aromatic heterocycles. The summed E-state index contributed by atoms with van der Waals surface area (Å²) in [6.45, 7) is 11.1. The molecule has 20 heavy (non-hydrogen) atoms. The second-order valence-corrected chi connectivity index (χ2v) is 6.94. The van der Waals surface area contributed by atoms with Crippen LogP contribution in [0.2, 0.25) is 0 Å². The summed E-state index contributed by atoms with van der Waals surface area (Å²) < 4.78 is 1.79. The average molecular weight is 279 g/mol. The lowest BCUT2D eigenvalue weighted by molar-refractivity contribution is -0.0971. The highest BCUT2D eigenvalue weighted by molar-refractivity contribution is 5.93. The quantitative estimate of drug-likeness (QED) is 0.901. The van der Waals surface area contributed by atoms with Crippen molar-refractivity contribution in [2.45, 2.75) is 52.7 Å². The molecule has 0 aromatic carbocycles. The van der Waals surface area contributed by atoms with E-state index in [4.69, 9.17) is 0 Å². The van der Waals surface area contributed by atoms with Crippen LogP contribution in [0.15, 0.2) is 12.4 Å². The molecule has 2 rings (SSSR count). The van der Waals surface area contributed by atoms with Gasteiger partial charge < -0.3 is 10.0 Å². The summed E-state index contributed by atoms with van der Waals surface area (Å²) in [4.78, 5) is 14.3. The van der Waals surface area contributed by atoms with Crippen molar-refractivity contribution in [1.29, 1.82) is 0 Å². The largest absolute Gasteiger partial charge is 0.389 e. The van der Waals surface area contributed by atoms with Gasteiger partial charge in [-0.2, -0.15) is 5.10 Å². The molecular weight excluding hydrogens is 254 g/mol. The van der Waals surface area contributed by atoms with Crippen LogP contribution in [0.5, 0.6) is 0 Å². The fourth-order valence-electron chi connectivity index (χ4n) is 2.50. The molecule has 1 aliphatic rings. The molecule has 1 amide bonds. The summed E-state index contributed by atoms with van der Waals surface area (Å²) in [5.41, 5.74) is -0.419. The maximum atomic E-state index is 12.5. The van der Waals surface area contributed by atoms with Gasteiger partial charge in [-0.1, -0.05) is 13.8 Å². The van der Waals surface area contributed by atoms with Gasteiger partial charge in [0.05, 0.1) is 17.4 Å². The van der Waals surface area contributed by atoms with Gasteiger partial charge in [-0.15, -0.1) is 0 Å². The maximum Gasteiger partial charge on any atom is 0.257 e. The number of piperidine rings is 1. The van der Waals surface area contributed by atoms with Gasteiger partial charge >= 0.3 is 0 Å². The van der Waals surface area contributed by atoms with E-state index >= 15 is 0 Å². The normalized spacial score (nSPS) is 26.1. The third-order valence-electron chi connectivity index (χ3n) is 4.58. The van der Waals surface area contributed by atoms with Gasteiger partial charge in [-0.25, -0.2) is 0 Å². The van der Waals surface area contributed by atoms with Crippen molar-refractivity contribution in [3.05, 3.63) is 18.0 Å². The van der Waals surface area contributed by atoms with Crippen LogP contribution in [0.4, 0.5) is 0 Å². The van der Waals surface area contributed by atoms with Crippen LogP contribution in [0.1, 0.15) is 57.4 Å². The van der Waals surface area contributed by atoms with Crippen LogP contribution in [0.3, 0.4) is 0 Å². The molecule has 1 fully saturated rings. The summed E-state index contributed by atoms with van der Waals surface area (Å²) in [6, 6.07) is 0.245. The summed E-state index contributed by atoms with van der Waals surface area (Å²) >= 11 is 0. The third kappa shape index (κ3) is 2.59. The van der Waals surface area contributed by atoms with E-state index in [2.05, 4.69) is 5.10 Å². The Morgan fingerprint density at radius 2 is 2.05 bits per heavy atom. The molecule has 2 heterocycles. The predicted octanol–water partition coefficient (Wildman–Crippen LogP) is 2.09. The summed E-state index contributed by atoms with van der Waals surface area (Å²) in [7, 11) is 0. The van der Waals surface area contributed by atoms with Crippen LogP contribution in [-0.2, 0) is 0 Å². The van der Waals surface area contributed by atoms with E-state index in [0.717, 1.165) is 0 Å². The minimum Gasteiger partial charge on any atom is -0.389 e. The van der Waals surface area contributed by atoms with E-state index in [-0.39, 0.29) is 17.4 Å². The topological polar surface area (TPSA) is 58.4 Å². The molecule has 0 unspecified atom stereocenters. The number of amides is 1. The molecule has 1 N–H and O–H groups in total. The van der Waals surface area contributed by atoms with Crippen LogP contribution < -0.4 is 0 Å². The first-order chi connectivity index (χ1) is 9.14. The van der Waals surface area contributed by atoms with Crippen LogP contribution in [-0.4, -0.2) is 44.4 Å². The van der Waals surface area contributed by atoms with Gasteiger partial charge in [0.25, 0.3) is 5.91 Å². The van der Waals surface area contributed by atoms with Crippen LogP contribution in [0, 0.1) is 5.41 Å². The zero-order valence-corrected chi connectivity index (χ0v) is 13.1. The van der Waals surface area contributed by atoms with E-state index in [9.17, 15) is 9.90 Å². The number of hydrogen-bond donors (Lipinski definition) is 1. The molecule has 1 saturated heterocycles. The number of rotatable bonds is 2. The van der Waals surface area contributed by atoms with E-state index in [0.29, 0.717) is 25.1 Å². The van der Waals surface area contributed by atoms with Crippen molar-refractivity contribution >= 4 is 5.91 Å². The van der Waals surface area contributed by atoms with Crippen molar-refractivity contribution < 1.29 is 9.90 Å². The van der Waals surface area contributed by atoms with Crippen molar-refractivity contribution in [1.82, 2.24) is 14.7 Å². The lowest BCUT2D eigenvalue weighted by atomic mass is 9.71. The molecule has 0 spiro atoms. The molecule has 5 nitrogen and oxygen atoms in total. The highest BCUT2D eigenvalue weighted by Crippen LogP contribution is 2.38. The van der Waals surface area contributed by atoms with Gasteiger partial charge in [0.1, 0.15) is 0 Å². The third-order valence-corrected chi connectivity index (χ3v) is 4.58. The molecule has 0 bridgehead atoms. The molecule has 5 heteroatoms. The second-order valence-electron chi connectivity index (χ2n) is 6.94. The number of aliphatic hydroxyl groups is 1. The zero-order chi connectivity index (χ0) is 15.1. The van der Waals surface area contributed by atoms with E-state index in [1.54, 1.807) is 17.1 Å². The molecule has 1 atom stereocenters. The summed E-state index contributed by atoms with van der Waals surface area (Å²) in [5, 5.41) is 14.6. The highest BCUT2D eigenvalue weighted by Gasteiger charge is 2.45. The molecular formula is C15H25N3O2. The average Bonchev–Trinajstić information content (AvgIpc) is 2.81. The van der Waals surface area contributed by atoms with Crippen molar-refractivity contribution in [2.24, 2.45) is 5.41 Å². The Bertz CT molecular complexity index is 503. The number of aromatic nitrogens is 2. The van der Waals surface area contributed by atoms with Gasteiger partial charge in [0, 0.05) is 30.7 Å². The van der Waals surface area contributed by atoms with E-state index in [1.165, 1.54) is 0 Å². The van der Waals surface area contributed by atoms with Crippen molar-refractivity contribution in [3.8, 4) is 0 Å².